The van der Waals surface area contributed by atoms with Gasteiger partial charge in [0.15, 0.2) is 0 Å². The van der Waals surface area contributed by atoms with Crippen LogP contribution in [-0.4, -0.2) is 24.1 Å². The lowest BCUT2D eigenvalue weighted by atomic mass is 10.2. The van der Waals surface area contributed by atoms with Gasteiger partial charge in [0.2, 0.25) is 0 Å². The third-order valence-corrected chi connectivity index (χ3v) is 2.47. The van der Waals surface area contributed by atoms with E-state index in [1.165, 1.54) is 18.2 Å². The molecule has 0 saturated heterocycles. The van der Waals surface area contributed by atoms with Gasteiger partial charge < -0.3 is 9.84 Å². The van der Waals surface area contributed by atoms with E-state index < -0.39 is 19.0 Å². The fourth-order valence-electron chi connectivity index (χ4n) is 1.06. The first kappa shape index (κ1) is 13.6. The van der Waals surface area contributed by atoms with E-state index in [0.717, 1.165) is 6.08 Å². The second-order valence-corrected chi connectivity index (χ2v) is 3.91. The topological polar surface area (TPSA) is 46.5 Å². The highest BCUT2D eigenvalue weighted by atomic mass is 79.9. The van der Waals surface area contributed by atoms with E-state index in [4.69, 9.17) is 9.84 Å². The quantitative estimate of drug-likeness (QED) is 0.850. The van der Waals surface area contributed by atoms with Gasteiger partial charge in [-0.25, -0.2) is 13.6 Å². The highest BCUT2D eigenvalue weighted by molar-refractivity contribution is 9.10. The first-order valence-electron chi connectivity index (χ1n) is 4.60. The lowest BCUT2D eigenvalue weighted by molar-refractivity contribution is -0.131. The zero-order valence-electron chi connectivity index (χ0n) is 8.57. The van der Waals surface area contributed by atoms with E-state index in [2.05, 4.69) is 15.9 Å². The molecule has 0 atom stereocenters. The predicted octanol–water partition coefficient (Wildman–Crippen LogP) is 3.19. The summed E-state index contributed by atoms with van der Waals surface area (Å²) in [5.74, 6) is -0.825. The van der Waals surface area contributed by atoms with Crippen LogP contribution in [0, 0.1) is 0 Å². The van der Waals surface area contributed by atoms with Crippen molar-refractivity contribution in [2.24, 2.45) is 0 Å². The third-order valence-electron chi connectivity index (χ3n) is 1.75. The van der Waals surface area contributed by atoms with Gasteiger partial charge in [0.25, 0.3) is 6.43 Å². The second-order valence-electron chi connectivity index (χ2n) is 3.06. The maximum absolute atomic E-state index is 11.9. The Hall–Kier alpha value is -1.43. The average Bonchev–Trinajstić information content (AvgIpc) is 2.26. The van der Waals surface area contributed by atoms with Gasteiger partial charge >= 0.3 is 5.97 Å². The predicted molar refractivity (Wildman–Crippen MR) is 62.3 cm³/mol. The van der Waals surface area contributed by atoms with Crippen LogP contribution in [0.2, 0.25) is 0 Å². The molecule has 1 aromatic rings. The van der Waals surface area contributed by atoms with Crippen LogP contribution in [0.5, 0.6) is 5.75 Å². The van der Waals surface area contributed by atoms with Crippen LogP contribution in [0.4, 0.5) is 8.78 Å². The molecule has 0 heterocycles. The van der Waals surface area contributed by atoms with Crippen LogP contribution >= 0.6 is 15.9 Å². The zero-order valence-corrected chi connectivity index (χ0v) is 10.2. The molecule has 6 heteroatoms. The highest BCUT2D eigenvalue weighted by Gasteiger charge is 2.05. The molecule has 1 rings (SSSR count). The molecule has 0 aliphatic carbocycles. The molecule has 0 fully saturated rings. The maximum atomic E-state index is 11.9. The first-order valence-corrected chi connectivity index (χ1v) is 5.40. The lowest BCUT2D eigenvalue weighted by Crippen LogP contribution is -2.06. The van der Waals surface area contributed by atoms with E-state index in [1.54, 1.807) is 6.07 Å². The Morgan fingerprint density at radius 1 is 1.53 bits per heavy atom. The van der Waals surface area contributed by atoms with Crippen molar-refractivity contribution >= 4 is 28.0 Å². The van der Waals surface area contributed by atoms with Crippen molar-refractivity contribution in [3.63, 3.8) is 0 Å². The Morgan fingerprint density at radius 2 is 2.24 bits per heavy atom. The number of rotatable bonds is 5. The number of halogens is 3. The van der Waals surface area contributed by atoms with Gasteiger partial charge in [-0.1, -0.05) is 15.9 Å². The number of hydrogen-bond acceptors (Lipinski definition) is 2. The number of aliphatic carboxylic acids is 1. The van der Waals surface area contributed by atoms with E-state index in [0.29, 0.717) is 10.0 Å². The molecule has 17 heavy (non-hydrogen) atoms. The van der Waals surface area contributed by atoms with Crippen molar-refractivity contribution in [1.82, 2.24) is 0 Å². The molecule has 3 nitrogen and oxygen atoms in total. The number of carbonyl (C=O) groups is 1. The molecule has 0 amide bonds. The van der Waals surface area contributed by atoms with Gasteiger partial charge in [0.1, 0.15) is 12.4 Å². The van der Waals surface area contributed by atoms with E-state index in [-0.39, 0.29) is 5.75 Å². The fraction of sp³-hybridized carbons (Fsp3) is 0.182. The number of hydrogen-bond donors (Lipinski definition) is 1. The Bertz CT molecular complexity index is 433. The van der Waals surface area contributed by atoms with Gasteiger partial charge in [-0.05, 0) is 29.8 Å². The molecule has 0 aliphatic rings. The molecular weight excluding hydrogens is 298 g/mol. The molecular formula is C11H9BrF2O3. The van der Waals surface area contributed by atoms with Crippen molar-refractivity contribution in [2.45, 2.75) is 6.43 Å². The summed E-state index contributed by atoms with van der Waals surface area (Å²) in [5, 5.41) is 8.48. The standard InChI is InChI=1S/C11H9BrF2O3/c12-9-3-2-8(17-6-10(13)14)5-7(9)1-4-11(15)16/h1-5,10H,6H2,(H,15,16)/b4-1+. The Morgan fingerprint density at radius 3 is 2.82 bits per heavy atom. The molecule has 0 spiro atoms. The summed E-state index contributed by atoms with van der Waals surface area (Å²) in [6.45, 7) is -0.691. The zero-order chi connectivity index (χ0) is 12.8. The monoisotopic (exact) mass is 306 g/mol. The van der Waals surface area contributed by atoms with Crippen molar-refractivity contribution in [1.29, 1.82) is 0 Å². The normalized spacial score (nSPS) is 11.1. The fourth-order valence-corrected chi connectivity index (χ4v) is 1.44. The summed E-state index contributed by atoms with van der Waals surface area (Å²) in [6, 6.07) is 4.60. The summed E-state index contributed by atoms with van der Waals surface area (Å²) >= 11 is 3.21. The molecule has 1 aromatic carbocycles. The third kappa shape index (κ3) is 4.95. The number of carboxylic acid groups (broad SMARTS) is 1. The Balaban J connectivity index is 2.82. The lowest BCUT2D eigenvalue weighted by Gasteiger charge is -2.07. The second kappa shape index (κ2) is 6.34. The molecule has 0 radical (unpaired) electrons. The molecule has 92 valence electrons. The number of carboxylic acids is 1. The highest BCUT2D eigenvalue weighted by Crippen LogP contribution is 2.24. The summed E-state index contributed by atoms with van der Waals surface area (Å²) in [4.78, 5) is 10.4. The summed E-state index contributed by atoms with van der Waals surface area (Å²) in [7, 11) is 0. The Kier molecular flexibility index (Phi) is 5.09. The van der Waals surface area contributed by atoms with Crippen molar-refractivity contribution in [2.75, 3.05) is 6.61 Å². The van der Waals surface area contributed by atoms with Crippen molar-refractivity contribution in [3.8, 4) is 5.75 Å². The van der Waals surface area contributed by atoms with Gasteiger partial charge in [0.05, 0.1) is 0 Å². The maximum Gasteiger partial charge on any atom is 0.328 e. The van der Waals surface area contributed by atoms with Crippen LogP contribution in [0.3, 0.4) is 0 Å². The van der Waals surface area contributed by atoms with Gasteiger partial charge in [-0.15, -0.1) is 0 Å². The largest absolute Gasteiger partial charge is 0.488 e. The smallest absolute Gasteiger partial charge is 0.328 e. The SMILES string of the molecule is O=C(O)/C=C/c1cc(OCC(F)F)ccc1Br. The van der Waals surface area contributed by atoms with E-state index in [9.17, 15) is 13.6 Å². The first-order chi connectivity index (χ1) is 7.99. The summed E-state index contributed by atoms with van der Waals surface area (Å²) in [5.41, 5.74) is 0.541. The molecule has 0 aliphatic heterocycles. The van der Waals surface area contributed by atoms with Crippen LogP contribution in [0.25, 0.3) is 6.08 Å². The van der Waals surface area contributed by atoms with Crippen LogP contribution in [0.15, 0.2) is 28.7 Å². The van der Waals surface area contributed by atoms with Crippen LogP contribution < -0.4 is 4.74 Å². The van der Waals surface area contributed by atoms with Crippen molar-refractivity contribution < 1.29 is 23.4 Å². The number of alkyl halides is 2. The molecule has 0 unspecified atom stereocenters. The number of ether oxygens (including phenoxy) is 1. The van der Waals surface area contributed by atoms with Crippen LogP contribution in [0.1, 0.15) is 5.56 Å². The van der Waals surface area contributed by atoms with Crippen LogP contribution in [-0.2, 0) is 4.79 Å². The minimum atomic E-state index is -2.54. The molecule has 1 N–H and O–H groups in total. The minimum Gasteiger partial charge on any atom is -0.488 e. The van der Waals surface area contributed by atoms with Gasteiger partial charge in [-0.2, -0.15) is 0 Å². The number of benzene rings is 1. The molecule has 0 bridgehead atoms. The molecule has 0 saturated carbocycles. The summed E-state index contributed by atoms with van der Waals surface area (Å²) in [6.07, 6.45) is -0.241. The Labute approximate surface area is 105 Å². The minimum absolute atomic E-state index is 0.263. The average molecular weight is 307 g/mol. The van der Waals surface area contributed by atoms with E-state index in [1.807, 2.05) is 0 Å². The van der Waals surface area contributed by atoms with Gasteiger partial charge in [-0.3, -0.25) is 0 Å². The van der Waals surface area contributed by atoms with Gasteiger partial charge in [0, 0.05) is 10.5 Å². The summed E-state index contributed by atoms with van der Waals surface area (Å²) < 4.78 is 29.3. The van der Waals surface area contributed by atoms with E-state index >= 15 is 0 Å². The molecule has 0 aromatic heterocycles. The van der Waals surface area contributed by atoms with Crippen molar-refractivity contribution in [3.05, 3.63) is 34.3 Å².